The van der Waals surface area contributed by atoms with Crippen LogP contribution in [0.15, 0.2) is 89.6 Å². The number of furan rings is 1. The van der Waals surface area contributed by atoms with Crippen LogP contribution in [0.25, 0.3) is 44.2 Å². The van der Waals surface area contributed by atoms with Gasteiger partial charge in [-0.1, -0.05) is 54.6 Å². The molecule has 0 N–H and O–H groups in total. The third kappa shape index (κ3) is 3.27. The van der Waals surface area contributed by atoms with Gasteiger partial charge >= 0.3 is 7.12 Å². The molecule has 0 unspecified atom stereocenters. The van der Waals surface area contributed by atoms with Crippen LogP contribution < -0.4 is 5.46 Å². The Morgan fingerprint density at radius 3 is 2.09 bits per heavy atom. The molecule has 3 heterocycles. The van der Waals surface area contributed by atoms with Gasteiger partial charge in [-0.15, -0.1) is 0 Å². The zero-order chi connectivity index (χ0) is 23.5. The first-order chi connectivity index (χ1) is 16.3. The first-order valence-electron chi connectivity index (χ1n) is 11.6. The first kappa shape index (κ1) is 21.1. The quantitative estimate of drug-likeness (QED) is 0.292. The van der Waals surface area contributed by atoms with Gasteiger partial charge in [-0.2, -0.15) is 0 Å². The van der Waals surface area contributed by atoms with Gasteiger partial charge in [0.2, 0.25) is 0 Å². The van der Waals surface area contributed by atoms with E-state index in [0.717, 1.165) is 49.7 Å². The molecule has 5 aromatic rings. The van der Waals surface area contributed by atoms with E-state index < -0.39 is 18.3 Å². The summed E-state index contributed by atoms with van der Waals surface area (Å²) in [6.45, 7) is 8.34. The van der Waals surface area contributed by atoms with Crippen LogP contribution in [0.1, 0.15) is 27.7 Å². The lowest BCUT2D eigenvalue weighted by Crippen LogP contribution is -2.41. The molecule has 5 heteroatoms. The fourth-order valence-electron chi connectivity index (χ4n) is 4.67. The SMILES string of the molecule is CC1(C)OB(c2ccc3oc4ccccc4c3c2-c2ccc(-c3cccnc3)cc2)OC1(C)C. The van der Waals surface area contributed by atoms with Crippen LogP contribution in [0.5, 0.6) is 0 Å². The molecular weight excluding hydrogens is 421 g/mol. The van der Waals surface area contributed by atoms with E-state index in [2.05, 4.69) is 75.1 Å². The van der Waals surface area contributed by atoms with Gasteiger partial charge in [-0.3, -0.25) is 4.98 Å². The predicted octanol–water partition coefficient (Wildman–Crippen LogP) is 6.61. The lowest BCUT2D eigenvalue weighted by molar-refractivity contribution is 0.00578. The molecular formula is C29H26BNO3. The van der Waals surface area contributed by atoms with Gasteiger partial charge in [0.15, 0.2) is 0 Å². The average Bonchev–Trinajstić information content (AvgIpc) is 3.32. The highest BCUT2D eigenvalue weighted by atomic mass is 16.7. The Morgan fingerprint density at radius 1 is 0.676 bits per heavy atom. The van der Waals surface area contributed by atoms with Gasteiger partial charge in [-0.05, 0) is 73.6 Å². The van der Waals surface area contributed by atoms with Crippen molar-refractivity contribution in [2.24, 2.45) is 0 Å². The second-order valence-corrected chi connectivity index (χ2v) is 9.91. The Labute approximate surface area is 199 Å². The van der Waals surface area contributed by atoms with Gasteiger partial charge in [0.1, 0.15) is 11.2 Å². The van der Waals surface area contributed by atoms with Crippen LogP contribution >= 0.6 is 0 Å². The molecule has 1 aliphatic heterocycles. The Kier molecular flexibility index (Phi) is 4.70. The molecule has 0 amide bonds. The number of hydrogen-bond acceptors (Lipinski definition) is 4. The van der Waals surface area contributed by atoms with E-state index in [9.17, 15) is 0 Å². The maximum Gasteiger partial charge on any atom is 0.495 e. The van der Waals surface area contributed by atoms with Crippen molar-refractivity contribution in [2.75, 3.05) is 0 Å². The van der Waals surface area contributed by atoms with Crippen molar-refractivity contribution in [1.82, 2.24) is 4.98 Å². The van der Waals surface area contributed by atoms with Crippen LogP contribution in [0.3, 0.4) is 0 Å². The highest BCUT2D eigenvalue weighted by molar-refractivity contribution is 6.64. The highest BCUT2D eigenvalue weighted by Crippen LogP contribution is 2.40. The van der Waals surface area contributed by atoms with Crippen LogP contribution in [0, 0.1) is 0 Å². The molecule has 0 bridgehead atoms. The van der Waals surface area contributed by atoms with E-state index >= 15 is 0 Å². The van der Waals surface area contributed by atoms with Gasteiger partial charge in [0.25, 0.3) is 0 Å². The lowest BCUT2D eigenvalue weighted by Gasteiger charge is -2.32. The maximum atomic E-state index is 6.48. The molecule has 0 atom stereocenters. The normalized spacial score (nSPS) is 17.0. The largest absolute Gasteiger partial charge is 0.495 e. The van der Waals surface area contributed by atoms with Crippen LogP contribution in [-0.4, -0.2) is 23.3 Å². The van der Waals surface area contributed by atoms with Gasteiger partial charge < -0.3 is 13.7 Å². The van der Waals surface area contributed by atoms with E-state index in [1.54, 1.807) is 6.20 Å². The number of hydrogen-bond donors (Lipinski definition) is 0. The fraction of sp³-hybridized carbons (Fsp3) is 0.207. The number of pyridine rings is 1. The molecule has 3 aromatic carbocycles. The van der Waals surface area contributed by atoms with E-state index in [1.807, 2.05) is 36.5 Å². The number of para-hydroxylation sites is 1. The molecule has 6 rings (SSSR count). The maximum absolute atomic E-state index is 6.48. The van der Waals surface area contributed by atoms with Crippen molar-refractivity contribution in [3.8, 4) is 22.3 Å². The Balaban J connectivity index is 1.57. The highest BCUT2D eigenvalue weighted by Gasteiger charge is 2.52. The summed E-state index contributed by atoms with van der Waals surface area (Å²) in [6.07, 6.45) is 3.68. The molecule has 0 spiro atoms. The monoisotopic (exact) mass is 447 g/mol. The van der Waals surface area contributed by atoms with Crippen LogP contribution in [0.4, 0.5) is 0 Å². The number of nitrogens with zero attached hydrogens (tertiary/aromatic N) is 1. The molecule has 2 aromatic heterocycles. The van der Waals surface area contributed by atoms with Crippen molar-refractivity contribution in [1.29, 1.82) is 0 Å². The minimum atomic E-state index is -0.476. The zero-order valence-corrected chi connectivity index (χ0v) is 19.8. The van der Waals surface area contributed by atoms with Crippen molar-refractivity contribution in [3.63, 3.8) is 0 Å². The third-order valence-electron chi connectivity index (χ3n) is 7.25. The van der Waals surface area contributed by atoms with E-state index in [4.69, 9.17) is 13.7 Å². The molecule has 34 heavy (non-hydrogen) atoms. The zero-order valence-electron chi connectivity index (χ0n) is 19.8. The smallest absolute Gasteiger partial charge is 0.456 e. The molecule has 4 nitrogen and oxygen atoms in total. The molecule has 0 radical (unpaired) electrons. The summed E-state index contributed by atoms with van der Waals surface area (Å²) < 4.78 is 19.2. The predicted molar refractivity (Wildman–Crippen MR) is 138 cm³/mol. The second kappa shape index (κ2) is 7.56. The number of benzene rings is 3. The van der Waals surface area contributed by atoms with Gasteiger partial charge in [0.05, 0.1) is 11.2 Å². The summed E-state index contributed by atoms with van der Waals surface area (Å²) in [6, 6.07) is 24.9. The minimum absolute atomic E-state index is 0.424. The molecule has 0 saturated carbocycles. The third-order valence-corrected chi connectivity index (χ3v) is 7.25. The summed E-state index contributed by atoms with van der Waals surface area (Å²) in [7, 11) is -0.476. The summed E-state index contributed by atoms with van der Waals surface area (Å²) >= 11 is 0. The lowest BCUT2D eigenvalue weighted by atomic mass is 9.73. The summed E-state index contributed by atoms with van der Waals surface area (Å²) in [5.41, 5.74) is 6.27. The molecule has 168 valence electrons. The fourth-order valence-corrected chi connectivity index (χ4v) is 4.67. The average molecular weight is 447 g/mol. The Hall–Kier alpha value is -3.41. The van der Waals surface area contributed by atoms with E-state index in [-0.39, 0.29) is 0 Å². The minimum Gasteiger partial charge on any atom is -0.456 e. The van der Waals surface area contributed by atoms with Crippen molar-refractivity contribution in [2.45, 2.75) is 38.9 Å². The number of aromatic nitrogens is 1. The molecule has 1 saturated heterocycles. The second-order valence-electron chi connectivity index (χ2n) is 9.91. The summed E-state index contributed by atoms with van der Waals surface area (Å²) in [5, 5.41) is 2.17. The van der Waals surface area contributed by atoms with Crippen molar-refractivity contribution < 1.29 is 13.7 Å². The summed E-state index contributed by atoms with van der Waals surface area (Å²) in [4.78, 5) is 4.26. The molecule has 0 aliphatic carbocycles. The standard InChI is InChI=1S/C29H26BNO3/c1-28(2)29(3,4)34-30(33-28)23-15-16-25-27(22-9-5-6-10-24(22)32-25)26(23)20-13-11-19(12-14-20)21-8-7-17-31-18-21/h5-18H,1-4H3. The number of rotatable bonds is 3. The van der Waals surface area contributed by atoms with E-state index in [0.29, 0.717) is 0 Å². The number of fused-ring (bicyclic) bond motifs is 3. The van der Waals surface area contributed by atoms with Crippen molar-refractivity contribution in [3.05, 3.63) is 85.2 Å². The van der Waals surface area contributed by atoms with Gasteiger partial charge in [0, 0.05) is 23.2 Å². The first-order valence-corrected chi connectivity index (χ1v) is 11.6. The topological polar surface area (TPSA) is 44.5 Å². The van der Waals surface area contributed by atoms with E-state index in [1.165, 1.54) is 0 Å². The van der Waals surface area contributed by atoms with Gasteiger partial charge in [-0.25, -0.2) is 0 Å². The van der Waals surface area contributed by atoms with Crippen molar-refractivity contribution >= 4 is 34.5 Å². The van der Waals surface area contributed by atoms with Crippen LogP contribution in [-0.2, 0) is 9.31 Å². The summed E-state index contributed by atoms with van der Waals surface area (Å²) in [5.74, 6) is 0. The van der Waals surface area contributed by atoms with Crippen LogP contribution in [0.2, 0.25) is 0 Å². The molecule has 1 fully saturated rings. The molecule has 1 aliphatic rings. The Morgan fingerprint density at radius 2 is 1.38 bits per heavy atom. The Bertz CT molecular complexity index is 1490.